The number of ether oxygens (including phenoxy) is 2. The number of thiocarbonyl (C=S) groups is 1. The van der Waals surface area contributed by atoms with Gasteiger partial charge in [-0.15, -0.1) is 0 Å². The van der Waals surface area contributed by atoms with Crippen molar-refractivity contribution in [3.63, 3.8) is 0 Å². The van der Waals surface area contributed by atoms with Gasteiger partial charge in [0.2, 0.25) is 5.91 Å². The standard InChI is InChI=1S/C20H33NO4S2/c1-18(2,3)12-20(6,16(23)25-11-14-10-24-14)19(4,5)13-27-17(26)21-9-7-8-15(21)22/h14H,7-13H2,1-6H3. The first-order valence-electron chi connectivity index (χ1n) is 9.62. The fraction of sp³-hybridized carbons (Fsp3) is 0.850. The second kappa shape index (κ2) is 8.37. The molecular weight excluding hydrogens is 382 g/mol. The van der Waals surface area contributed by atoms with Gasteiger partial charge in [-0.1, -0.05) is 58.6 Å². The zero-order chi connectivity index (χ0) is 20.5. The van der Waals surface area contributed by atoms with Crippen molar-refractivity contribution >= 4 is 40.2 Å². The van der Waals surface area contributed by atoms with Crippen molar-refractivity contribution < 1.29 is 19.1 Å². The Bertz CT molecular complexity index is 595. The van der Waals surface area contributed by atoms with Crippen LogP contribution >= 0.6 is 24.0 Å². The molecule has 0 aromatic rings. The van der Waals surface area contributed by atoms with E-state index in [2.05, 4.69) is 34.6 Å². The number of nitrogens with zero attached hydrogens (tertiary/aromatic N) is 1. The van der Waals surface area contributed by atoms with E-state index < -0.39 is 5.41 Å². The molecule has 0 saturated carbocycles. The molecule has 154 valence electrons. The number of carbonyl (C=O) groups is 2. The Morgan fingerprint density at radius 2 is 1.93 bits per heavy atom. The number of hydrogen-bond acceptors (Lipinski definition) is 6. The van der Waals surface area contributed by atoms with Gasteiger partial charge >= 0.3 is 5.97 Å². The molecule has 0 spiro atoms. The van der Waals surface area contributed by atoms with E-state index in [4.69, 9.17) is 21.7 Å². The van der Waals surface area contributed by atoms with Crippen LogP contribution in [0.5, 0.6) is 0 Å². The number of thioether (sulfide) groups is 1. The van der Waals surface area contributed by atoms with Crippen LogP contribution in [-0.2, 0) is 19.1 Å². The molecule has 2 aliphatic rings. The number of amides is 1. The zero-order valence-corrected chi connectivity index (χ0v) is 19.1. The smallest absolute Gasteiger partial charge is 0.312 e. The quantitative estimate of drug-likeness (QED) is 0.355. The monoisotopic (exact) mass is 415 g/mol. The molecule has 2 saturated heterocycles. The van der Waals surface area contributed by atoms with Crippen molar-refractivity contribution in [2.24, 2.45) is 16.2 Å². The Morgan fingerprint density at radius 1 is 1.30 bits per heavy atom. The van der Waals surface area contributed by atoms with Crippen LogP contribution in [0.25, 0.3) is 0 Å². The van der Waals surface area contributed by atoms with Gasteiger partial charge < -0.3 is 9.47 Å². The van der Waals surface area contributed by atoms with Gasteiger partial charge in [-0.25, -0.2) is 0 Å². The van der Waals surface area contributed by atoms with Crippen LogP contribution in [0.4, 0.5) is 0 Å². The number of epoxide rings is 1. The van der Waals surface area contributed by atoms with E-state index >= 15 is 0 Å². The average Bonchev–Trinajstić information content (AvgIpc) is 3.28. The average molecular weight is 416 g/mol. The van der Waals surface area contributed by atoms with Crippen LogP contribution in [-0.4, -0.2) is 52.7 Å². The molecule has 2 atom stereocenters. The molecule has 2 heterocycles. The summed E-state index contributed by atoms with van der Waals surface area (Å²) < 4.78 is 11.4. The highest BCUT2D eigenvalue weighted by atomic mass is 32.2. The van der Waals surface area contributed by atoms with Crippen molar-refractivity contribution in [2.45, 2.75) is 66.9 Å². The molecule has 27 heavy (non-hydrogen) atoms. The molecule has 1 amide bonds. The summed E-state index contributed by atoms with van der Waals surface area (Å²) in [5, 5.41) is 0. The molecule has 0 aromatic carbocycles. The number of likely N-dealkylation sites (tertiary alicyclic amines) is 1. The van der Waals surface area contributed by atoms with Gasteiger partial charge in [0.1, 0.15) is 17.0 Å². The third-order valence-electron chi connectivity index (χ3n) is 5.48. The van der Waals surface area contributed by atoms with Gasteiger partial charge in [-0.05, 0) is 30.6 Å². The molecule has 2 fully saturated rings. The summed E-state index contributed by atoms with van der Waals surface area (Å²) in [4.78, 5) is 26.7. The fourth-order valence-corrected chi connectivity index (χ4v) is 4.98. The lowest BCUT2D eigenvalue weighted by Crippen LogP contribution is -2.47. The molecule has 0 bridgehead atoms. The van der Waals surface area contributed by atoms with Crippen LogP contribution in [0.15, 0.2) is 0 Å². The normalized spacial score (nSPS) is 22.5. The van der Waals surface area contributed by atoms with E-state index in [0.29, 0.717) is 42.7 Å². The Kier molecular flexibility index (Phi) is 7.02. The summed E-state index contributed by atoms with van der Waals surface area (Å²) in [6.07, 6.45) is 2.19. The van der Waals surface area contributed by atoms with Gasteiger partial charge in [-0.3, -0.25) is 14.5 Å². The van der Waals surface area contributed by atoms with Crippen molar-refractivity contribution in [2.75, 3.05) is 25.5 Å². The second-order valence-electron chi connectivity index (χ2n) is 9.71. The largest absolute Gasteiger partial charge is 0.462 e. The SMILES string of the molecule is CC(C)(C)CC(C)(C(=O)OCC1CO1)C(C)(C)CSC(=S)N1CCCC1=O. The first kappa shape index (κ1) is 22.6. The Morgan fingerprint density at radius 3 is 2.41 bits per heavy atom. The molecule has 7 heteroatoms. The first-order chi connectivity index (χ1) is 12.4. The number of esters is 1. The van der Waals surface area contributed by atoms with Gasteiger partial charge in [0.05, 0.1) is 12.0 Å². The topological polar surface area (TPSA) is 59.1 Å². The van der Waals surface area contributed by atoms with E-state index in [0.717, 1.165) is 6.42 Å². The maximum absolute atomic E-state index is 13.1. The van der Waals surface area contributed by atoms with Crippen molar-refractivity contribution in [1.29, 1.82) is 0 Å². The summed E-state index contributed by atoms with van der Waals surface area (Å²) in [6, 6.07) is 0. The third-order valence-corrected chi connectivity index (χ3v) is 7.39. The van der Waals surface area contributed by atoms with E-state index in [9.17, 15) is 9.59 Å². The third kappa shape index (κ3) is 5.91. The molecule has 0 aromatic heterocycles. The molecule has 2 unspecified atom stereocenters. The van der Waals surface area contributed by atoms with Gasteiger partial charge in [0.15, 0.2) is 0 Å². The highest BCUT2D eigenvalue weighted by Crippen LogP contribution is 2.49. The van der Waals surface area contributed by atoms with Gasteiger partial charge in [-0.2, -0.15) is 0 Å². The minimum absolute atomic E-state index is 0.0305. The predicted molar refractivity (Wildman–Crippen MR) is 113 cm³/mol. The summed E-state index contributed by atoms with van der Waals surface area (Å²) in [5.41, 5.74) is -1.06. The van der Waals surface area contributed by atoms with E-state index in [1.54, 1.807) is 4.90 Å². The lowest BCUT2D eigenvalue weighted by atomic mass is 9.61. The summed E-state index contributed by atoms with van der Waals surface area (Å²) in [6.45, 7) is 14.3. The molecule has 0 N–H and O–H groups in total. The Labute approximate surface area is 172 Å². The summed E-state index contributed by atoms with van der Waals surface area (Å²) >= 11 is 6.98. The number of rotatable bonds is 7. The number of carbonyl (C=O) groups excluding carboxylic acids is 2. The molecule has 0 radical (unpaired) electrons. The minimum atomic E-state index is -0.669. The summed E-state index contributed by atoms with van der Waals surface area (Å²) in [7, 11) is 0. The molecule has 5 nitrogen and oxygen atoms in total. The highest BCUT2D eigenvalue weighted by Gasteiger charge is 2.50. The van der Waals surface area contributed by atoms with Crippen molar-refractivity contribution in [3.8, 4) is 0 Å². The van der Waals surface area contributed by atoms with Crippen LogP contribution in [0.2, 0.25) is 0 Å². The van der Waals surface area contributed by atoms with E-state index in [-0.39, 0.29) is 28.8 Å². The highest BCUT2D eigenvalue weighted by molar-refractivity contribution is 8.23. The number of hydrogen-bond donors (Lipinski definition) is 0. The molecule has 2 rings (SSSR count). The maximum atomic E-state index is 13.1. The molecular formula is C20H33NO4S2. The van der Waals surface area contributed by atoms with Crippen LogP contribution in [0.3, 0.4) is 0 Å². The van der Waals surface area contributed by atoms with Crippen LogP contribution < -0.4 is 0 Å². The Balaban J connectivity index is 2.09. The first-order valence-corrected chi connectivity index (χ1v) is 11.0. The van der Waals surface area contributed by atoms with Crippen LogP contribution in [0, 0.1) is 16.2 Å². The van der Waals surface area contributed by atoms with Crippen molar-refractivity contribution in [1.82, 2.24) is 4.90 Å². The van der Waals surface area contributed by atoms with Gasteiger partial charge in [0, 0.05) is 18.7 Å². The second-order valence-corrected chi connectivity index (χ2v) is 11.3. The van der Waals surface area contributed by atoms with Crippen LogP contribution in [0.1, 0.15) is 60.8 Å². The minimum Gasteiger partial charge on any atom is -0.462 e. The Hall–Kier alpha value is -0.660. The summed E-state index contributed by atoms with van der Waals surface area (Å²) in [5.74, 6) is 0.574. The van der Waals surface area contributed by atoms with E-state index in [1.165, 1.54) is 11.8 Å². The predicted octanol–water partition coefficient (Wildman–Crippen LogP) is 4.04. The fourth-order valence-electron chi connectivity index (χ4n) is 3.46. The van der Waals surface area contributed by atoms with Crippen molar-refractivity contribution in [3.05, 3.63) is 0 Å². The molecule has 2 aliphatic heterocycles. The van der Waals surface area contributed by atoms with E-state index in [1.807, 2.05) is 6.92 Å². The molecule has 0 aliphatic carbocycles. The van der Waals surface area contributed by atoms with Gasteiger partial charge in [0.25, 0.3) is 0 Å². The lowest BCUT2D eigenvalue weighted by Gasteiger charge is -2.45. The zero-order valence-electron chi connectivity index (χ0n) is 17.4. The maximum Gasteiger partial charge on any atom is 0.312 e. The lowest BCUT2D eigenvalue weighted by molar-refractivity contribution is -0.165.